The van der Waals surface area contributed by atoms with E-state index in [9.17, 15) is 0 Å². The average molecular weight is 257 g/mol. The molecule has 0 aromatic carbocycles. The van der Waals surface area contributed by atoms with E-state index < -0.39 is 19.1 Å². The van der Waals surface area contributed by atoms with E-state index in [-0.39, 0.29) is 0 Å². The Labute approximate surface area is 64.0 Å². The fourth-order valence-corrected chi connectivity index (χ4v) is 4.27. The van der Waals surface area contributed by atoms with Gasteiger partial charge in [0.25, 0.3) is 0 Å². The molecule has 0 saturated heterocycles. The third-order valence-electron chi connectivity index (χ3n) is 0.704. The Morgan fingerprint density at radius 3 is 2.12 bits per heavy atom. The van der Waals surface area contributed by atoms with E-state index in [1.165, 1.54) is 0 Å². The van der Waals surface area contributed by atoms with Crippen molar-refractivity contribution in [2.24, 2.45) is 4.99 Å². The Balaban J connectivity index is 3.72. The number of nitrogens with zero attached hydrogens (tertiary/aromatic N) is 1. The maximum atomic E-state index is 5.63. The van der Waals surface area contributed by atoms with Crippen LogP contribution in [-0.4, -0.2) is 36.8 Å². The first-order valence-corrected chi connectivity index (χ1v) is 12.1. The summed E-state index contributed by atoms with van der Waals surface area (Å²) >= 11 is -2.30. The van der Waals surface area contributed by atoms with Crippen molar-refractivity contribution >= 4 is 39.8 Å². The molecule has 0 fully saturated rings. The topological polar surface area (TPSA) is 24.4 Å². The molecule has 2 nitrogen and oxygen atoms in total. The first kappa shape index (κ1) is 8.92. The molecule has 0 aliphatic heterocycles. The molecule has 0 aliphatic carbocycles. The van der Waals surface area contributed by atoms with E-state index in [0.29, 0.717) is 0 Å². The molecule has 0 atom stereocenters. The van der Waals surface area contributed by atoms with Crippen molar-refractivity contribution in [2.75, 3.05) is 14.1 Å². The van der Waals surface area contributed by atoms with E-state index in [2.05, 4.69) is 10.3 Å². The number of amidine groups is 1. The van der Waals surface area contributed by atoms with Crippen LogP contribution in [0.25, 0.3) is 0 Å². The summed E-state index contributed by atoms with van der Waals surface area (Å²) in [7, 11) is 14.7. The molecule has 5 heteroatoms. The second-order valence-corrected chi connectivity index (χ2v) is 11.8. The van der Waals surface area contributed by atoms with E-state index in [4.69, 9.17) is 17.2 Å². The van der Waals surface area contributed by atoms with Crippen LogP contribution >= 0.6 is 17.2 Å². The van der Waals surface area contributed by atoms with Crippen LogP contribution in [0.4, 0.5) is 0 Å². The van der Waals surface area contributed by atoms with Crippen LogP contribution in [0.2, 0.25) is 0 Å². The second-order valence-electron chi connectivity index (χ2n) is 1.16. The molecule has 0 aromatic rings. The zero-order valence-corrected chi connectivity index (χ0v) is 9.59. The number of hydrogen-bond donors (Lipinski definition) is 1. The molecule has 8 heavy (non-hydrogen) atoms. The molecule has 0 heterocycles. The van der Waals surface area contributed by atoms with Gasteiger partial charge in [-0.1, -0.05) is 0 Å². The second kappa shape index (κ2) is 4.77. The van der Waals surface area contributed by atoms with Crippen LogP contribution in [0.5, 0.6) is 0 Å². The molecule has 0 saturated carbocycles. The molecule has 0 unspecified atom stereocenters. The normalized spacial score (nSPS) is 11.2. The Morgan fingerprint density at radius 2 is 2.12 bits per heavy atom. The minimum atomic E-state index is -2.30. The molecule has 0 spiro atoms. The van der Waals surface area contributed by atoms with Gasteiger partial charge in [0.15, 0.2) is 0 Å². The number of aliphatic imine (C=N–C) groups is 1. The van der Waals surface area contributed by atoms with Gasteiger partial charge in [-0.05, 0) is 0 Å². The van der Waals surface area contributed by atoms with Crippen LogP contribution in [0.3, 0.4) is 0 Å². The minimum absolute atomic E-state index is 0.801. The summed E-state index contributed by atoms with van der Waals surface area (Å²) in [5.74, 6) is 0. The van der Waals surface area contributed by atoms with Crippen LogP contribution in [0.1, 0.15) is 0 Å². The van der Waals surface area contributed by atoms with Crippen molar-refractivity contribution in [3.05, 3.63) is 0 Å². The standard InChI is InChI=1S/C3H7N2.2ClH.In/c1-4-3-5-2;;;/h1-2H3,(H,4,5);2*1H;/q;;;+2/p-2. The van der Waals surface area contributed by atoms with E-state index >= 15 is 0 Å². The van der Waals surface area contributed by atoms with E-state index in [1.54, 1.807) is 14.1 Å². The SMILES string of the molecule is CN=[C](NC)[In]([Cl])[Cl]. The first-order chi connectivity index (χ1) is 3.72. The molecule has 0 aliphatic rings. The Morgan fingerprint density at radius 1 is 1.62 bits per heavy atom. The molecule has 0 rings (SSSR count). The molecular formula is C3H7Cl2InN2. The van der Waals surface area contributed by atoms with Gasteiger partial charge in [0.05, 0.1) is 0 Å². The van der Waals surface area contributed by atoms with Gasteiger partial charge in [-0.3, -0.25) is 0 Å². The zero-order valence-electron chi connectivity index (χ0n) is 4.78. The van der Waals surface area contributed by atoms with Gasteiger partial charge in [0.1, 0.15) is 0 Å². The summed E-state index contributed by atoms with van der Waals surface area (Å²) in [6.45, 7) is 0. The van der Waals surface area contributed by atoms with Crippen LogP contribution < -0.4 is 5.32 Å². The van der Waals surface area contributed by atoms with Crippen molar-refractivity contribution < 1.29 is 0 Å². The Hall–Kier alpha value is 0.920. The van der Waals surface area contributed by atoms with Gasteiger partial charge in [0.2, 0.25) is 0 Å². The van der Waals surface area contributed by atoms with Crippen LogP contribution in [0.15, 0.2) is 4.99 Å². The van der Waals surface area contributed by atoms with E-state index in [0.717, 1.165) is 3.59 Å². The molecule has 0 radical (unpaired) electrons. The third kappa shape index (κ3) is 3.05. The maximum absolute atomic E-state index is 5.63. The number of hydrogen-bond acceptors (Lipinski definition) is 1. The van der Waals surface area contributed by atoms with Gasteiger partial charge >= 0.3 is 64.2 Å². The monoisotopic (exact) mass is 256 g/mol. The number of rotatable bonds is 1. The summed E-state index contributed by atoms with van der Waals surface area (Å²) in [5.41, 5.74) is 0. The summed E-state index contributed by atoms with van der Waals surface area (Å²) in [6, 6.07) is 0. The number of nitrogens with one attached hydrogen (secondary N) is 1. The summed E-state index contributed by atoms with van der Waals surface area (Å²) in [5, 5.41) is 2.83. The molecule has 0 aromatic heterocycles. The van der Waals surface area contributed by atoms with Gasteiger partial charge < -0.3 is 0 Å². The number of halogens is 2. The molecule has 0 bridgehead atoms. The predicted octanol–water partition coefficient (Wildman–Crippen LogP) is 0.739. The van der Waals surface area contributed by atoms with Gasteiger partial charge in [-0.2, -0.15) is 0 Å². The average Bonchev–Trinajstić information content (AvgIpc) is 1.69. The van der Waals surface area contributed by atoms with Crippen LogP contribution in [0, 0.1) is 0 Å². The first-order valence-electron chi connectivity index (χ1n) is 2.15. The molecular weight excluding hydrogens is 250 g/mol. The van der Waals surface area contributed by atoms with Crippen molar-refractivity contribution in [1.29, 1.82) is 0 Å². The zero-order chi connectivity index (χ0) is 6.57. The fourth-order valence-electron chi connectivity index (χ4n) is 0.319. The summed E-state index contributed by atoms with van der Waals surface area (Å²) in [4.78, 5) is 3.84. The Kier molecular flexibility index (Phi) is 5.31. The van der Waals surface area contributed by atoms with Crippen molar-refractivity contribution in [2.45, 2.75) is 0 Å². The van der Waals surface area contributed by atoms with Crippen molar-refractivity contribution in [1.82, 2.24) is 5.32 Å². The Bertz CT molecular complexity index is 93.3. The van der Waals surface area contributed by atoms with Crippen LogP contribution in [-0.2, 0) is 0 Å². The van der Waals surface area contributed by atoms with Gasteiger partial charge in [0, 0.05) is 0 Å². The molecule has 0 amide bonds. The van der Waals surface area contributed by atoms with Crippen molar-refractivity contribution in [3.63, 3.8) is 0 Å². The third-order valence-corrected chi connectivity index (χ3v) is 6.22. The van der Waals surface area contributed by atoms with Crippen molar-refractivity contribution in [3.8, 4) is 0 Å². The van der Waals surface area contributed by atoms with E-state index in [1.807, 2.05) is 0 Å². The molecule has 1 N–H and O–H groups in total. The molecule has 46 valence electrons. The summed E-state index contributed by atoms with van der Waals surface area (Å²) < 4.78 is 0.801. The van der Waals surface area contributed by atoms with Gasteiger partial charge in [-0.25, -0.2) is 0 Å². The van der Waals surface area contributed by atoms with Gasteiger partial charge in [-0.15, -0.1) is 0 Å². The quantitative estimate of drug-likeness (QED) is 0.543. The fraction of sp³-hybridized carbons (Fsp3) is 0.667. The predicted molar refractivity (Wildman–Crippen MR) is 39.9 cm³/mol. The summed E-state index contributed by atoms with van der Waals surface area (Å²) in [6.07, 6.45) is 0.